The van der Waals surface area contributed by atoms with Crippen LogP contribution in [0.15, 0.2) is 48.5 Å². The maximum Gasteiger partial charge on any atom is 0.409 e. The lowest BCUT2D eigenvalue weighted by Gasteiger charge is -2.33. The fourth-order valence-corrected chi connectivity index (χ4v) is 3.98. The number of para-hydroxylation sites is 2. The maximum atomic E-state index is 13.1. The number of hydrogen-bond donors (Lipinski definition) is 1. The van der Waals surface area contributed by atoms with Gasteiger partial charge in [0.1, 0.15) is 11.5 Å². The van der Waals surface area contributed by atoms with Gasteiger partial charge >= 0.3 is 6.09 Å². The Morgan fingerprint density at radius 3 is 2.17 bits per heavy atom. The number of piperidine rings is 1. The van der Waals surface area contributed by atoms with Gasteiger partial charge in [0.05, 0.1) is 12.6 Å². The Labute approximate surface area is 177 Å². The van der Waals surface area contributed by atoms with Crippen molar-refractivity contribution in [1.29, 1.82) is 0 Å². The topological polar surface area (TPSA) is 67.9 Å². The highest BCUT2D eigenvalue weighted by Gasteiger charge is 2.32. The summed E-state index contributed by atoms with van der Waals surface area (Å²) in [6.07, 6.45) is 0.986. The van der Waals surface area contributed by atoms with Gasteiger partial charge in [-0.15, -0.1) is 0 Å². The number of likely N-dealkylation sites (tertiary alicyclic amines) is 1. The largest absolute Gasteiger partial charge is 0.457 e. The van der Waals surface area contributed by atoms with E-state index in [0.29, 0.717) is 38.5 Å². The molecule has 0 aliphatic carbocycles. The molecule has 6 nitrogen and oxygen atoms in total. The number of hydrogen-bond acceptors (Lipinski definition) is 4. The van der Waals surface area contributed by atoms with Crippen molar-refractivity contribution in [3.8, 4) is 11.5 Å². The van der Waals surface area contributed by atoms with Crippen molar-refractivity contribution in [3.05, 3.63) is 59.7 Å². The molecule has 0 aromatic heterocycles. The van der Waals surface area contributed by atoms with Gasteiger partial charge in [-0.25, -0.2) is 4.79 Å². The van der Waals surface area contributed by atoms with Crippen molar-refractivity contribution >= 4 is 12.0 Å². The first-order valence-electron chi connectivity index (χ1n) is 10.6. The summed E-state index contributed by atoms with van der Waals surface area (Å²) in [6, 6.07) is 15.4. The van der Waals surface area contributed by atoms with E-state index in [4.69, 9.17) is 9.47 Å². The van der Waals surface area contributed by atoms with E-state index >= 15 is 0 Å². The fraction of sp³-hybridized carbons (Fsp3) is 0.417. The highest BCUT2D eigenvalue weighted by atomic mass is 16.6. The van der Waals surface area contributed by atoms with E-state index in [2.05, 4.69) is 5.32 Å². The van der Waals surface area contributed by atoms with Crippen LogP contribution in [-0.4, -0.2) is 36.6 Å². The molecule has 2 aliphatic heterocycles. The molecular formula is C24H28N2O4. The van der Waals surface area contributed by atoms with E-state index in [1.165, 1.54) is 0 Å². The number of amides is 2. The number of nitrogens with zero attached hydrogens (tertiary/aromatic N) is 1. The highest BCUT2D eigenvalue weighted by Crippen LogP contribution is 2.42. The van der Waals surface area contributed by atoms with Gasteiger partial charge in [-0.2, -0.15) is 0 Å². The molecule has 30 heavy (non-hydrogen) atoms. The van der Waals surface area contributed by atoms with Gasteiger partial charge in [0.15, 0.2) is 0 Å². The summed E-state index contributed by atoms with van der Waals surface area (Å²) in [4.78, 5) is 27.0. The van der Waals surface area contributed by atoms with Crippen LogP contribution in [0.3, 0.4) is 0 Å². The Bertz CT molecular complexity index is 873. The van der Waals surface area contributed by atoms with Crippen LogP contribution < -0.4 is 10.1 Å². The predicted octanol–water partition coefficient (Wildman–Crippen LogP) is 4.50. The van der Waals surface area contributed by atoms with Gasteiger partial charge in [-0.3, -0.25) is 4.79 Å². The van der Waals surface area contributed by atoms with Crippen LogP contribution in [0.1, 0.15) is 43.9 Å². The number of ether oxygens (including phenoxy) is 2. The van der Waals surface area contributed by atoms with Gasteiger partial charge in [0, 0.05) is 30.1 Å². The van der Waals surface area contributed by atoms with Crippen LogP contribution in [0.2, 0.25) is 0 Å². The monoisotopic (exact) mass is 408 g/mol. The van der Waals surface area contributed by atoms with Crippen molar-refractivity contribution < 1.29 is 19.1 Å². The third-order valence-electron chi connectivity index (χ3n) is 5.63. The maximum absolute atomic E-state index is 13.1. The van der Waals surface area contributed by atoms with Crippen molar-refractivity contribution in [2.45, 2.75) is 32.7 Å². The second kappa shape index (κ2) is 8.78. The molecule has 158 valence electrons. The average Bonchev–Trinajstić information content (AvgIpc) is 2.77. The Hall–Kier alpha value is -3.02. The lowest BCUT2D eigenvalue weighted by Crippen LogP contribution is -2.44. The first-order chi connectivity index (χ1) is 14.5. The van der Waals surface area contributed by atoms with E-state index < -0.39 is 0 Å². The molecule has 0 bridgehead atoms. The molecule has 0 atom stereocenters. The Morgan fingerprint density at radius 1 is 1.03 bits per heavy atom. The molecule has 0 unspecified atom stereocenters. The minimum absolute atomic E-state index is 0.0155. The van der Waals surface area contributed by atoms with Crippen LogP contribution in [0.4, 0.5) is 4.79 Å². The van der Waals surface area contributed by atoms with Crippen molar-refractivity contribution in [2.75, 3.05) is 19.7 Å². The zero-order chi connectivity index (χ0) is 21.1. The van der Waals surface area contributed by atoms with Gasteiger partial charge in [-0.05, 0) is 30.9 Å². The highest BCUT2D eigenvalue weighted by molar-refractivity contribution is 5.80. The lowest BCUT2D eigenvalue weighted by atomic mass is 9.92. The summed E-state index contributed by atoms with van der Waals surface area (Å²) in [5.74, 6) is 1.74. The summed E-state index contributed by atoms with van der Waals surface area (Å²) in [7, 11) is 0. The molecule has 1 saturated heterocycles. The molecule has 1 N–H and O–H groups in total. The van der Waals surface area contributed by atoms with Crippen molar-refractivity contribution in [2.24, 2.45) is 11.8 Å². The van der Waals surface area contributed by atoms with Crippen molar-refractivity contribution in [3.63, 3.8) is 0 Å². The quantitative estimate of drug-likeness (QED) is 0.809. The molecule has 4 rings (SSSR count). The molecule has 2 amide bonds. The number of carbonyl (C=O) groups is 2. The van der Waals surface area contributed by atoms with E-state index in [0.717, 1.165) is 22.6 Å². The molecule has 1 fully saturated rings. The molecule has 6 heteroatoms. The van der Waals surface area contributed by atoms with Crippen LogP contribution in [0, 0.1) is 11.8 Å². The molecule has 2 aromatic rings. The molecule has 0 radical (unpaired) electrons. The predicted molar refractivity (Wildman–Crippen MR) is 113 cm³/mol. The summed E-state index contributed by atoms with van der Waals surface area (Å²) in [5, 5.41) is 3.23. The Kier molecular flexibility index (Phi) is 5.93. The molecular weight excluding hydrogens is 380 g/mol. The van der Waals surface area contributed by atoms with E-state index in [1.807, 2.05) is 62.4 Å². The first kappa shape index (κ1) is 20.3. The molecule has 2 aromatic carbocycles. The fourth-order valence-electron chi connectivity index (χ4n) is 3.98. The Morgan fingerprint density at radius 2 is 1.60 bits per heavy atom. The standard InChI is InChI=1S/C24H28N2O4/c1-16(2)15-29-24(28)26-13-11-17(12-14-26)23(27)25-22-18-7-3-5-9-20(18)30-21-10-6-4-8-19(21)22/h3-10,16-17,22H,11-15H2,1-2H3,(H,25,27). The number of carbonyl (C=O) groups excluding carboxylic acids is 2. The normalized spacial score (nSPS) is 16.4. The van der Waals surface area contributed by atoms with Crippen LogP contribution in [0.25, 0.3) is 0 Å². The average molecular weight is 408 g/mol. The molecule has 0 saturated carbocycles. The van der Waals surface area contributed by atoms with Gasteiger partial charge in [0.25, 0.3) is 0 Å². The van der Waals surface area contributed by atoms with Gasteiger partial charge < -0.3 is 19.7 Å². The zero-order valence-electron chi connectivity index (χ0n) is 17.5. The number of fused-ring (bicyclic) bond motifs is 2. The summed E-state index contributed by atoms with van der Waals surface area (Å²) in [6.45, 7) is 5.51. The van der Waals surface area contributed by atoms with Crippen molar-refractivity contribution in [1.82, 2.24) is 10.2 Å². The summed E-state index contributed by atoms with van der Waals surface area (Å²) >= 11 is 0. The summed E-state index contributed by atoms with van der Waals surface area (Å²) in [5.41, 5.74) is 1.92. The first-order valence-corrected chi connectivity index (χ1v) is 10.6. The minimum atomic E-state index is -0.283. The van der Waals surface area contributed by atoms with E-state index in [1.54, 1.807) is 4.90 Å². The lowest BCUT2D eigenvalue weighted by molar-refractivity contribution is -0.126. The van der Waals surface area contributed by atoms with Gasteiger partial charge in [-0.1, -0.05) is 50.2 Å². The minimum Gasteiger partial charge on any atom is -0.457 e. The Balaban J connectivity index is 1.41. The van der Waals surface area contributed by atoms with E-state index in [-0.39, 0.29) is 24.0 Å². The molecule has 2 aliphatic rings. The van der Waals surface area contributed by atoms with Crippen LogP contribution in [0.5, 0.6) is 11.5 Å². The van der Waals surface area contributed by atoms with E-state index in [9.17, 15) is 9.59 Å². The van der Waals surface area contributed by atoms with Gasteiger partial charge in [0.2, 0.25) is 5.91 Å². The zero-order valence-corrected chi connectivity index (χ0v) is 17.5. The second-order valence-corrected chi connectivity index (χ2v) is 8.35. The van der Waals surface area contributed by atoms with Crippen LogP contribution in [-0.2, 0) is 9.53 Å². The number of rotatable bonds is 4. The molecule has 0 spiro atoms. The number of nitrogens with one attached hydrogen (secondary N) is 1. The third-order valence-corrected chi connectivity index (χ3v) is 5.63. The van der Waals surface area contributed by atoms with Crippen LogP contribution >= 0.6 is 0 Å². The third kappa shape index (κ3) is 4.27. The number of benzene rings is 2. The summed E-state index contributed by atoms with van der Waals surface area (Å²) < 4.78 is 11.3. The smallest absolute Gasteiger partial charge is 0.409 e. The molecule has 2 heterocycles. The second-order valence-electron chi connectivity index (χ2n) is 8.35. The SMILES string of the molecule is CC(C)COC(=O)N1CCC(C(=O)NC2c3ccccc3Oc3ccccc32)CC1.